The van der Waals surface area contributed by atoms with Gasteiger partial charge in [0, 0.05) is 51.0 Å². The van der Waals surface area contributed by atoms with Crippen LogP contribution >= 0.6 is 23.5 Å². The zero-order valence-corrected chi connectivity index (χ0v) is 21.6. The molecular formula is C21H39HoO6S2-. The van der Waals surface area contributed by atoms with Crippen molar-refractivity contribution in [3.8, 4) is 0 Å². The molecule has 6 nitrogen and oxygen atoms in total. The van der Waals surface area contributed by atoms with Crippen LogP contribution in [-0.4, -0.2) is 80.0 Å². The molecule has 1 fully saturated rings. The minimum Gasteiger partial charge on any atom is -0.430 e. The fourth-order valence-corrected chi connectivity index (χ4v) is 4.60. The molecule has 0 amide bonds. The molecule has 183 valence electrons. The zero-order valence-electron chi connectivity index (χ0n) is 18.0. The molecule has 1 radical (unpaired) electrons. The van der Waals surface area contributed by atoms with Crippen LogP contribution in [0, 0.1) is 44.2 Å². The van der Waals surface area contributed by atoms with Crippen LogP contribution in [0.3, 0.4) is 0 Å². The Labute approximate surface area is 221 Å². The monoisotopic (exact) mass is 616 g/mol. The molecule has 1 atom stereocenters. The fourth-order valence-electron chi connectivity index (χ4n) is 2.73. The van der Waals surface area contributed by atoms with Gasteiger partial charge in [0.2, 0.25) is 0 Å². The number of ether oxygens (including phenoxy) is 4. The summed E-state index contributed by atoms with van der Waals surface area (Å²) in [6.07, 6.45) is 11.1. The first-order valence-corrected chi connectivity index (χ1v) is 13.2. The van der Waals surface area contributed by atoms with Gasteiger partial charge in [-0.2, -0.15) is 23.5 Å². The number of aliphatic hydroxyl groups excluding tert-OH is 1. The van der Waals surface area contributed by atoms with Gasteiger partial charge in [0.1, 0.15) is 6.61 Å². The molecule has 1 unspecified atom stereocenters. The van der Waals surface area contributed by atoms with Gasteiger partial charge in [0.25, 0.3) is 0 Å². The average molecular weight is 617 g/mol. The summed E-state index contributed by atoms with van der Waals surface area (Å²) >= 11 is 4.03. The van der Waals surface area contributed by atoms with Gasteiger partial charge in [-0.15, -0.1) is 0 Å². The topological polar surface area (TPSA) is 74.2 Å². The van der Waals surface area contributed by atoms with Crippen molar-refractivity contribution in [3.63, 3.8) is 0 Å². The summed E-state index contributed by atoms with van der Waals surface area (Å²) in [5, 5.41) is 8.59. The van der Waals surface area contributed by atoms with E-state index in [1.165, 1.54) is 55.8 Å². The van der Waals surface area contributed by atoms with Gasteiger partial charge in [-0.05, 0) is 48.7 Å². The second-order valence-corrected chi connectivity index (χ2v) is 9.42. The first-order chi connectivity index (χ1) is 14.3. The maximum Gasteiger partial charge on any atom is 0.508 e. The number of aliphatic hydroxyl groups is 1. The van der Waals surface area contributed by atoms with Crippen molar-refractivity contribution in [2.24, 2.45) is 0 Å². The van der Waals surface area contributed by atoms with E-state index in [4.69, 9.17) is 24.1 Å². The van der Waals surface area contributed by atoms with Gasteiger partial charge in [0.05, 0.1) is 6.61 Å². The first-order valence-electron chi connectivity index (χ1n) is 10.9. The molecule has 0 bridgehead atoms. The number of unbranched alkanes of at least 4 members (excludes halogenated alkanes) is 5. The summed E-state index contributed by atoms with van der Waals surface area (Å²) in [4.78, 5) is 10.8. The molecule has 1 N–H and O–H groups in total. The van der Waals surface area contributed by atoms with Crippen molar-refractivity contribution in [2.45, 2.75) is 57.5 Å². The number of thioether (sulfide) groups is 2. The average Bonchev–Trinajstić information content (AvgIpc) is 3.14. The Balaban J connectivity index is 0.00000841. The van der Waals surface area contributed by atoms with E-state index in [-0.39, 0.29) is 50.4 Å². The smallest absolute Gasteiger partial charge is 0.430 e. The van der Waals surface area contributed by atoms with Crippen LogP contribution in [-0.2, 0) is 18.9 Å². The van der Waals surface area contributed by atoms with Crippen molar-refractivity contribution in [1.82, 2.24) is 0 Å². The third-order valence-electron chi connectivity index (χ3n) is 4.30. The molecule has 0 saturated carbocycles. The summed E-state index contributed by atoms with van der Waals surface area (Å²) in [5.74, 6) is 4.80. The molecule has 1 aliphatic rings. The molecule has 0 aromatic rings. The van der Waals surface area contributed by atoms with Crippen LogP contribution in [0.15, 0.2) is 0 Å². The fraction of sp³-hybridized carbons (Fsp3) is 0.905. The molecular weight excluding hydrogens is 577 g/mol. The van der Waals surface area contributed by atoms with Crippen molar-refractivity contribution in [2.75, 3.05) is 62.7 Å². The molecule has 1 saturated heterocycles. The molecule has 1 aliphatic heterocycles. The van der Waals surface area contributed by atoms with Crippen molar-refractivity contribution >= 4 is 29.7 Å². The molecule has 0 aromatic heterocycles. The molecule has 30 heavy (non-hydrogen) atoms. The number of carbonyl (C=O) groups excluding carboxylic acids is 1. The normalized spacial score (nSPS) is 15.6. The number of rotatable bonds is 22. The van der Waals surface area contributed by atoms with Gasteiger partial charge in [0.15, 0.2) is 6.10 Å². The van der Waals surface area contributed by atoms with Gasteiger partial charge in [-0.3, -0.25) is 6.42 Å². The summed E-state index contributed by atoms with van der Waals surface area (Å²) in [7, 11) is 0. The maximum absolute atomic E-state index is 10.8. The number of carbonyl (C=O) groups is 1. The minimum atomic E-state index is -0.584. The number of hydrogen-bond acceptors (Lipinski definition) is 8. The largest absolute Gasteiger partial charge is 0.508 e. The van der Waals surface area contributed by atoms with Gasteiger partial charge < -0.3 is 24.1 Å². The molecule has 0 spiro atoms. The second kappa shape index (κ2) is 24.7. The van der Waals surface area contributed by atoms with Crippen LogP contribution < -0.4 is 0 Å². The Morgan fingerprint density at radius 3 is 2.03 bits per heavy atom. The summed E-state index contributed by atoms with van der Waals surface area (Å²) in [6, 6.07) is 0. The van der Waals surface area contributed by atoms with E-state index in [9.17, 15) is 4.79 Å². The standard InChI is InChI=1S/C21H39O6S2.Ho/c22-10-7-11-24-12-8-16-28-14-5-3-1-2-4-6-15-29-17-9-13-25-18-20-19-26-21(23)27-20;/h7,20,22H,1-6,8-19H2;/q-1;. The Hall–Kier alpha value is 1.11. The van der Waals surface area contributed by atoms with Gasteiger partial charge >= 0.3 is 6.16 Å². The summed E-state index contributed by atoms with van der Waals surface area (Å²) < 4.78 is 20.5. The van der Waals surface area contributed by atoms with Gasteiger partial charge in [-0.25, -0.2) is 4.79 Å². The molecule has 0 aromatic carbocycles. The summed E-state index contributed by atoms with van der Waals surface area (Å²) in [6.45, 7) is 2.92. The number of cyclic esters (lactones) is 2. The first kappa shape index (κ1) is 31.1. The predicted octanol–water partition coefficient (Wildman–Crippen LogP) is 4.34. The maximum atomic E-state index is 10.8. The van der Waals surface area contributed by atoms with E-state index >= 15 is 0 Å². The van der Waals surface area contributed by atoms with Gasteiger partial charge in [-0.1, -0.05) is 38.9 Å². The minimum absolute atomic E-state index is 0. The number of hydrogen-bond donors (Lipinski definition) is 1. The van der Waals surface area contributed by atoms with Crippen molar-refractivity contribution in [3.05, 3.63) is 6.42 Å². The molecule has 1 heterocycles. The van der Waals surface area contributed by atoms with E-state index < -0.39 is 6.16 Å². The molecule has 0 aliphatic carbocycles. The Kier molecular flexibility index (Phi) is 25.7. The molecule has 1 rings (SSSR count). The van der Waals surface area contributed by atoms with Crippen LogP contribution in [0.5, 0.6) is 0 Å². The third kappa shape index (κ3) is 21.0. The predicted molar refractivity (Wildman–Crippen MR) is 121 cm³/mol. The molecule has 9 heteroatoms. The van der Waals surface area contributed by atoms with Crippen LogP contribution in [0.4, 0.5) is 4.79 Å². The zero-order chi connectivity index (χ0) is 20.8. The van der Waals surface area contributed by atoms with Crippen molar-refractivity contribution < 1.29 is 66.6 Å². The van der Waals surface area contributed by atoms with Crippen LogP contribution in [0.1, 0.15) is 51.4 Å². The van der Waals surface area contributed by atoms with Crippen LogP contribution in [0.2, 0.25) is 0 Å². The third-order valence-corrected chi connectivity index (χ3v) is 6.61. The van der Waals surface area contributed by atoms with E-state index in [1.807, 2.05) is 23.5 Å². The van der Waals surface area contributed by atoms with E-state index in [0.717, 1.165) is 25.2 Å². The van der Waals surface area contributed by atoms with E-state index in [1.54, 1.807) is 6.42 Å². The Bertz CT molecular complexity index is 379. The van der Waals surface area contributed by atoms with Crippen LogP contribution in [0.25, 0.3) is 0 Å². The van der Waals surface area contributed by atoms with Crippen molar-refractivity contribution in [1.29, 1.82) is 0 Å². The second-order valence-electron chi connectivity index (χ2n) is 6.98. The summed E-state index contributed by atoms with van der Waals surface area (Å²) in [5.41, 5.74) is 0. The van der Waals surface area contributed by atoms with E-state index in [2.05, 4.69) is 0 Å². The Morgan fingerprint density at radius 1 is 0.900 bits per heavy atom. The Morgan fingerprint density at radius 2 is 1.47 bits per heavy atom. The quantitative estimate of drug-likeness (QED) is 0.0834. The SMILES string of the molecule is O=C1OCC(COCCCSCCCCCCCCSCCCOC[CH-]CO)O1.[Ho]. The van der Waals surface area contributed by atoms with E-state index in [0.29, 0.717) is 26.4 Å².